The minimum Gasteiger partial charge on any atom is -0.438 e. The Balaban J connectivity index is 2.00. The third-order valence-corrected chi connectivity index (χ3v) is 7.22. The van der Waals surface area contributed by atoms with Crippen molar-refractivity contribution in [1.82, 2.24) is 9.38 Å². The van der Waals surface area contributed by atoms with Crippen molar-refractivity contribution in [2.45, 2.75) is 25.7 Å². The molecular weight excluding hydrogens is 450 g/mol. The van der Waals surface area contributed by atoms with Gasteiger partial charge in [-0.25, -0.2) is 8.42 Å². The number of pyridine rings is 1. The summed E-state index contributed by atoms with van der Waals surface area (Å²) in [6.45, 7) is 5.61. The molecule has 0 aliphatic heterocycles. The molecule has 0 atom stereocenters. The average molecular weight is 472 g/mol. The Morgan fingerprint density at radius 1 is 1.00 bits per heavy atom. The van der Waals surface area contributed by atoms with E-state index in [0.717, 1.165) is 22.8 Å². The van der Waals surface area contributed by atoms with Crippen molar-refractivity contribution in [3.63, 3.8) is 0 Å². The fourth-order valence-electron chi connectivity index (χ4n) is 3.46. The lowest BCUT2D eigenvalue weighted by Gasteiger charge is -2.14. The number of fused-ring (bicyclic) bond motifs is 1. The van der Waals surface area contributed by atoms with Gasteiger partial charge in [0.2, 0.25) is 15.7 Å². The molecule has 170 valence electrons. The van der Waals surface area contributed by atoms with Crippen molar-refractivity contribution >= 4 is 21.6 Å². The van der Waals surface area contributed by atoms with Crippen molar-refractivity contribution in [3.8, 4) is 17.7 Å². The fourth-order valence-corrected chi connectivity index (χ4v) is 4.62. The van der Waals surface area contributed by atoms with Crippen LogP contribution in [0.2, 0.25) is 0 Å². The Morgan fingerprint density at radius 3 is 2.41 bits per heavy atom. The molecule has 0 saturated carbocycles. The van der Waals surface area contributed by atoms with Crippen LogP contribution in [-0.2, 0) is 9.84 Å². The number of rotatable bonds is 5. The quantitative estimate of drug-likeness (QED) is 0.389. The molecule has 0 spiro atoms. The van der Waals surface area contributed by atoms with Gasteiger partial charge in [0.1, 0.15) is 27.9 Å². The molecule has 0 aliphatic rings. The van der Waals surface area contributed by atoms with Crippen molar-refractivity contribution in [3.05, 3.63) is 104 Å². The second-order valence-electron chi connectivity index (χ2n) is 7.76. The van der Waals surface area contributed by atoms with Crippen LogP contribution in [0, 0.1) is 32.1 Å². The van der Waals surface area contributed by atoms with E-state index in [-0.39, 0.29) is 16.3 Å². The highest BCUT2D eigenvalue weighted by molar-refractivity contribution is 7.95. The summed E-state index contributed by atoms with van der Waals surface area (Å²) in [7, 11) is -4.16. The van der Waals surface area contributed by atoms with Gasteiger partial charge in [0, 0.05) is 6.20 Å². The first-order chi connectivity index (χ1) is 16.2. The lowest BCUT2D eigenvalue weighted by molar-refractivity contribution is 0.457. The molecule has 2 aromatic carbocycles. The number of benzene rings is 2. The van der Waals surface area contributed by atoms with Gasteiger partial charge in [-0.2, -0.15) is 10.2 Å². The molecule has 7 nitrogen and oxygen atoms in total. The third-order valence-electron chi connectivity index (χ3n) is 5.54. The highest BCUT2D eigenvalue weighted by atomic mass is 32.2. The Hall–Kier alpha value is -4.22. The summed E-state index contributed by atoms with van der Waals surface area (Å²) in [6, 6.07) is 18.3. The number of aryl methyl sites for hydroxylation is 2. The zero-order valence-electron chi connectivity index (χ0n) is 18.8. The second kappa shape index (κ2) is 8.96. The first-order valence-corrected chi connectivity index (χ1v) is 11.9. The highest BCUT2D eigenvalue weighted by Gasteiger charge is 2.24. The van der Waals surface area contributed by atoms with Crippen molar-refractivity contribution in [2.75, 3.05) is 0 Å². The van der Waals surface area contributed by atoms with Crippen molar-refractivity contribution < 1.29 is 13.2 Å². The van der Waals surface area contributed by atoms with Gasteiger partial charge in [-0.15, -0.1) is 0 Å². The van der Waals surface area contributed by atoms with Crippen LogP contribution in [0.4, 0.5) is 0 Å². The van der Waals surface area contributed by atoms with Gasteiger partial charge in [-0.3, -0.25) is 9.20 Å². The van der Waals surface area contributed by atoms with Crippen LogP contribution in [0.3, 0.4) is 0 Å². The summed E-state index contributed by atoms with van der Waals surface area (Å²) in [5.41, 5.74) is 2.24. The molecule has 0 fully saturated rings. The number of hydrogen-bond acceptors (Lipinski definition) is 6. The lowest BCUT2D eigenvalue weighted by Crippen LogP contribution is -2.20. The molecule has 2 heterocycles. The largest absolute Gasteiger partial charge is 0.438 e. The Morgan fingerprint density at radius 2 is 1.71 bits per heavy atom. The van der Waals surface area contributed by atoms with Crippen LogP contribution in [0.25, 0.3) is 11.7 Å². The van der Waals surface area contributed by atoms with Crippen LogP contribution in [0.1, 0.15) is 22.3 Å². The molecule has 0 bridgehead atoms. The van der Waals surface area contributed by atoms with Gasteiger partial charge < -0.3 is 4.74 Å². The standard InChI is InChI=1S/C26H21N3O4S/c1-17-9-7-13-23(19(17)3)33-25-22(26(30)29-14-8-10-18(2)24(29)28-25)15-21(16-27)34(31,32)20-11-5-4-6-12-20/h4-15H,1-3H3. The maximum atomic E-state index is 13.5. The Bertz CT molecular complexity index is 1650. The predicted octanol–water partition coefficient (Wildman–Crippen LogP) is 4.75. The molecular formula is C26H21N3O4S. The first kappa shape index (κ1) is 23.0. The fraction of sp³-hybridized carbons (Fsp3) is 0.115. The van der Waals surface area contributed by atoms with Gasteiger partial charge in [-0.05, 0) is 67.8 Å². The minimum atomic E-state index is -4.16. The van der Waals surface area contributed by atoms with E-state index >= 15 is 0 Å². The van der Waals surface area contributed by atoms with Crippen molar-refractivity contribution in [1.29, 1.82) is 5.26 Å². The lowest BCUT2D eigenvalue weighted by atomic mass is 10.1. The predicted molar refractivity (Wildman–Crippen MR) is 129 cm³/mol. The first-order valence-electron chi connectivity index (χ1n) is 10.4. The molecule has 0 unspecified atom stereocenters. The number of aromatic nitrogens is 2. The van der Waals surface area contributed by atoms with E-state index in [4.69, 9.17) is 4.74 Å². The average Bonchev–Trinajstić information content (AvgIpc) is 2.83. The SMILES string of the molecule is Cc1cccc(Oc2nc3c(C)cccn3c(=O)c2C=C(C#N)S(=O)(=O)c2ccccc2)c1C. The van der Waals surface area contributed by atoms with E-state index in [1.165, 1.54) is 22.7 Å². The monoisotopic (exact) mass is 471 g/mol. The van der Waals surface area contributed by atoms with Gasteiger partial charge >= 0.3 is 0 Å². The third kappa shape index (κ3) is 4.09. The Kier molecular flexibility index (Phi) is 6.05. The molecule has 0 aliphatic carbocycles. The van der Waals surface area contributed by atoms with E-state index in [2.05, 4.69) is 4.98 Å². The number of nitriles is 1. The number of hydrogen-bond donors (Lipinski definition) is 0. The van der Waals surface area contributed by atoms with Crippen LogP contribution in [0.15, 0.2) is 81.5 Å². The van der Waals surface area contributed by atoms with Crippen molar-refractivity contribution in [2.24, 2.45) is 0 Å². The number of allylic oxidation sites excluding steroid dienone is 1. The van der Waals surface area contributed by atoms with Gasteiger partial charge in [0.05, 0.1) is 4.90 Å². The normalized spacial score (nSPS) is 11.9. The summed E-state index contributed by atoms with van der Waals surface area (Å²) >= 11 is 0. The Labute approximate surface area is 197 Å². The summed E-state index contributed by atoms with van der Waals surface area (Å²) in [4.78, 5) is 17.3. The second-order valence-corrected chi connectivity index (χ2v) is 9.68. The van der Waals surface area contributed by atoms with Crippen LogP contribution in [0.5, 0.6) is 11.6 Å². The molecule has 4 aromatic rings. The van der Waals surface area contributed by atoms with E-state index in [1.54, 1.807) is 49.4 Å². The molecule has 0 amide bonds. The summed E-state index contributed by atoms with van der Waals surface area (Å²) < 4.78 is 33.6. The maximum Gasteiger partial charge on any atom is 0.269 e. The van der Waals surface area contributed by atoms with Gasteiger partial charge in [0.15, 0.2) is 0 Å². The molecule has 2 aromatic heterocycles. The molecule has 8 heteroatoms. The number of ether oxygens (including phenoxy) is 1. The summed E-state index contributed by atoms with van der Waals surface area (Å²) in [5.74, 6) is 0.396. The number of nitrogens with zero attached hydrogens (tertiary/aromatic N) is 3. The molecule has 0 saturated heterocycles. The van der Waals surface area contributed by atoms with E-state index < -0.39 is 20.3 Å². The summed E-state index contributed by atoms with van der Waals surface area (Å²) in [6.07, 6.45) is 2.57. The smallest absolute Gasteiger partial charge is 0.269 e. The molecule has 0 radical (unpaired) electrons. The topological polar surface area (TPSA) is 102 Å². The van der Waals surface area contributed by atoms with Gasteiger partial charge in [-0.1, -0.05) is 36.4 Å². The van der Waals surface area contributed by atoms with Crippen LogP contribution >= 0.6 is 0 Å². The number of sulfone groups is 1. The summed E-state index contributed by atoms with van der Waals surface area (Å²) in [5, 5.41) is 9.73. The van der Waals surface area contributed by atoms with E-state index in [1.807, 2.05) is 26.0 Å². The molecule has 34 heavy (non-hydrogen) atoms. The zero-order valence-corrected chi connectivity index (χ0v) is 19.6. The van der Waals surface area contributed by atoms with Crippen LogP contribution < -0.4 is 10.3 Å². The minimum absolute atomic E-state index is 0.0514. The molecule has 0 N–H and O–H groups in total. The van der Waals surface area contributed by atoms with Gasteiger partial charge in [0.25, 0.3) is 5.56 Å². The maximum absolute atomic E-state index is 13.5. The molecule has 4 rings (SSSR count). The highest BCUT2D eigenvalue weighted by Crippen LogP contribution is 2.30. The van der Waals surface area contributed by atoms with E-state index in [9.17, 15) is 18.5 Å². The zero-order chi connectivity index (χ0) is 24.5. The van der Waals surface area contributed by atoms with E-state index in [0.29, 0.717) is 11.4 Å². The van der Waals surface area contributed by atoms with Crippen LogP contribution in [-0.4, -0.2) is 17.8 Å².